The molecule has 2 rings (SSSR count). The van der Waals surface area contributed by atoms with Crippen molar-refractivity contribution in [2.75, 3.05) is 20.1 Å². The predicted octanol–water partition coefficient (Wildman–Crippen LogP) is 1.53. The van der Waals surface area contributed by atoms with Crippen LogP contribution < -0.4 is 5.32 Å². The number of hydrogen-bond donors (Lipinski definition) is 1. The van der Waals surface area contributed by atoms with Gasteiger partial charge >= 0.3 is 0 Å². The molecule has 1 aliphatic rings. The number of amides is 1. The summed E-state index contributed by atoms with van der Waals surface area (Å²) in [7, 11) is 1.83. The number of aryl methyl sites for hydroxylation is 1. The zero-order valence-electron chi connectivity index (χ0n) is 11.1. The van der Waals surface area contributed by atoms with E-state index in [0.29, 0.717) is 6.54 Å². The Balaban J connectivity index is 1.97. The third-order valence-corrected chi connectivity index (χ3v) is 3.59. The van der Waals surface area contributed by atoms with Crippen LogP contribution in [0.25, 0.3) is 0 Å². The van der Waals surface area contributed by atoms with Gasteiger partial charge in [0.15, 0.2) is 0 Å². The smallest absolute Gasteiger partial charge is 0.236 e. The van der Waals surface area contributed by atoms with Crippen molar-refractivity contribution in [2.45, 2.75) is 32.2 Å². The number of carbonyl (C=O) groups excluding carboxylic acids is 1. The summed E-state index contributed by atoms with van der Waals surface area (Å²) in [6.07, 6.45) is 5.16. The van der Waals surface area contributed by atoms with Crippen LogP contribution in [0.15, 0.2) is 18.3 Å². The Morgan fingerprint density at radius 3 is 3.22 bits per heavy atom. The highest BCUT2D eigenvalue weighted by molar-refractivity contribution is 5.77. The van der Waals surface area contributed by atoms with Gasteiger partial charge in [0.05, 0.1) is 18.3 Å². The molecule has 0 saturated carbocycles. The number of likely N-dealkylation sites (N-methyl/N-ethyl adjacent to an activating group) is 1. The molecule has 1 aliphatic carbocycles. The quantitative estimate of drug-likeness (QED) is 0.877. The average molecular weight is 247 g/mol. The number of fused-ring (bicyclic) bond motifs is 1. The first-order valence-electron chi connectivity index (χ1n) is 6.63. The molecular weight excluding hydrogens is 226 g/mol. The van der Waals surface area contributed by atoms with E-state index in [4.69, 9.17) is 0 Å². The van der Waals surface area contributed by atoms with E-state index >= 15 is 0 Å². The maximum absolute atomic E-state index is 11.8. The summed E-state index contributed by atoms with van der Waals surface area (Å²) in [6, 6.07) is 4.34. The van der Waals surface area contributed by atoms with Gasteiger partial charge in [-0.05, 0) is 37.8 Å². The van der Waals surface area contributed by atoms with Crippen molar-refractivity contribution in [3.63, 3.8) is 0 Å². The minimum atomic E-state index is 0.139. The standard InChI is InChI=1S/C14H21N3O/c1-3-17(2)13(18)10-16-12-8-4-6-11-7-5-9-15-14(11)12/h5,7,9,12,16H,3-4,6,8,10H2,1-2H3. The molecule has 98 valence electrons. The monoisotopic (exact) mass is 247 g/mol. The molecule has 1 unspecified atom stereocenters. The highest BCUT2D eigenvalue weighted by Gasteiger charge is 2.21. The van der Waals surface area contributed by atoms with Crippen molar-refractivity contribution >= 4 is 5.91 Å². The fourth-order valence-corrected chi connectivity index (χ4v) is 2.33. The molecule has 4 heteroatoms. The topological polar surface area (TPSA) is 45.2 Å². The Kier molecular flexibility index (Phi) is 4.31. The van der Waals surface area contributed by atoms with Crippen molar-refractivity contribution in [3.8, 4) is 0 Å². The molecule has 1 amide bonds. The van der Waals surface area contributed by atoms with E-state index in [1.165, 1.54) is 5.56 Å². The fourth-order valence-electron chi connectivity index (χ4n) is 2.33. The van der Waals surface area contributed by atoms with Gasteiger partial charge < -0.3 is 10.2 Å². The van der Waals surface area contributed by atoms with E-state index in [0.717, 1.165) is 31.5 Å². The average Bonchev–Trinajstić information content (AvgIpc) is 2.43. The molecule has 4 nitrogen and oxygen atoms in total. The highest BCUT2D eigenvalue weighted by Crippen LogP contribution is 2.27. The maximum Gasteiger partial charge on any atom is 0.236 e. The van der Waals surface area contributed by atoms with Crippen LogP contribution in [0, 0.1) is 0 Å². The zero-order valence-corrected chi connectivity index (χ0v) is 11.1. The van der Waals surface area contributed by atoms with Gasteiger partial charge in [-0.2, -0.15) is 0 Å². The molecule has 0 radical (unpaired) electrons. The van der Waals surface area contributed by atoms with Crippen LogP contribution in [0.5, 0.6) is 0 Å². The Morgan fingerprint density at radius 1 is 1.61 bits per heavy atom. The number of nitrogens with one attached hydrogen (secondary N) is 1. The lowest BCUT2D eigenvalue weighted by Crippen LogP contribution is -2.38. The SMILES string of the molecule is CCN(C)C(=O)CNC1CCCc2cccnc21. The normalized spacial score (nSPS) is 18.2. The number of pyridine rings is 1. The number of aromatic nitrogens is 1. The molecule has 0 spiro atoms. The van der Waals surface area contributed by atoms with Crippen LogP contribution >= 0.6 is 0 Å². The second-order valence-corrected chi connectivity index (χ2v) is 4.78. The molecule has 0 fully saturated rings. The second kappa shape index (κ2) is 5.96. The van der Waals surface area contributed by atoms with E-state index in [2.05, 4.69) is 16.4 Å². The minimum Gasteiger partial charge on any atom is -0.345 e. The summed E-state index contributed by atoms with van der Waals surface area (Å²) < 4.78 is 0. The van der Waals surface area contributed by atoms with E-state index < -0.39 is 0 Å². The molecule has 18 heavy (non-hydrogen) atoms. The first-order valence-corrected chi connectivity index (χ1v) is 6.63. The lowest BCUT2D eigenvalue weighted by atomic mass is 9.92. The lowest BCUT2D eigenvalue weighted by molar-refractivity contribution is -0.128. The molecule has 0 aliphatic heterocycles. The molecule has 0 aromatic carbocycles. The summed E-state index contributed by atoms with van der Waals surface area (Å²) in [6.45, 7) is 3.13. The lowest BCUT2D eigenvalue weighted by Gasteiger charge is -2.25. The minimum absolute atomic E-state index is 0.139. The zero-order chi connectivity index (χ0) is 13.0. The molecule has 1 aromatic rings. The van der Waals surface area contributed by atoms with Gasteiger partial charge in [0.1, 0.15) is 0 Å². The van der Waals surface area contributed by atoms with E-state index in [1.807, 2.05) is 26.2 Å². The van der Waals surface area contributed by atoms with Gasteiger partial charge in [-0.25, -0.2) is 0 Å². The van der Waals surface area contributed by atoms with Crippen molar-refractivity contribution in [1.82, 2.24) is 15.2 Å². The Morgan fingerprint density at radius 2 is 2.44 bits per heavy atom. The number of hydrogen-bond acceptors (Lipinski definition) is 3. The first-order chi connectivity index (χ1) is 8.72. The van der Waals surface area contributed by atoms with Crippen LogP contribution in [0.3, 0.4) is 0 Å². The van der Waals surface area contributed by atoms with E-state index in [1.54, 1.807) is 4.90 Å². The summed E-state index contributed by atoms with van der Waals surface area (Å²) in [4.78, 5) is 18.0. The molecular formula is C14H21N3O. The molecule has 1 heterocycles. The third-order valence-electron chi connectivity index (χ3n) is 3.59. The molecule has 1 atom stereocenters. The van der Waals surface area contributed by atoms with Gasteiger partial charge in [-0.1, -0.05) is 6.07 Å². The van der Waals surface area contributed by atoms with Crippen molar-refractivity contribution in [3.05, 3.63) is 29.6 Å². The maximum atomic E-state index is 11.8. The molecule has 1 N–H and O–H groups in total. The van der Waals surface area contributed by atoms with E-state index in [-0.39, 0.29) is 11.9 Å². The summed E-state index contributed by atoms with van der Waals surface area (Å²) in [5, 5.41) is 3.34. The Labute approximate surface area is 108 Å². The highest BCUT2D eigenvalue weighted by atomic mass is 16.2. The number of nitrogens with zero attached hydrogens (tertiary/aromatic N) is 2. The van der Waals surface area contributed by atoms with Gasteiger partial charge in [-0.3, -0.25) is 9.78 Å². The van der Waals surface area contributed by atoms with Crippen LogP contribution in [0.2, 0.25) is 0 Å². The summed E-state index contributed by atoms with van der Waals surface area (Å²) >= 11 is 0. The number of carbonyl (C=O) groups is 1. The first kappa shape index (κ1) is 13.0. The van der Waals surface area contributed by atoms with Crippen LogP contribution in [-0.2, 0) is 11.2 Å². The van der Waals surface area contributed by atoms with E-state index in [9.17, 15) is 4.79 Å². The van der Waals surface area contributed by atoms with Crippen LogP contribution in [0.1, 0.15) is 37.1 Å². The largest absolute Gasteiger partial charge is 0.345 e. The number of rotatable bonds is 4. The van der Waals surface area contributed by atoms with Crippen molar-refractivity contribution < 1.29 is 4.79 Å². The van der Waals surface area contributed by atoms with Gasteiger partial charge in [0.25, 0.3) is 0 Å². The Bertz CT molecular complexity index is 419. The Hall–Kier alpha value is -1.42. The summed E-state index contributed by atoms with van der Waals surface area (Å²) in [5.74, 6) is 0.139. The fraction of sp³-hybridized carbons (Fsp3) is 0.571. The molecule has 1 aromatic heterocycles. The van der Waals surface area contributed by atoms with Crippen molar-refractivity contribution in [2.24, 2.45) is 0 Å². The van der Waals surface area contributed by atoms with Crippen LogP contribution in [-0.4, -0.2) is 35.9 Å². The van der Waals surface area contributed by atoms with Gasteiger partial charge in [0, 0.05) is 19.8 Å². The molecule has 0 bridgehead atoms. The van der Waals surface area contributed by atoms with Gasteiger partial charge in [-0.15, -0.1) is 0 Å². The summed E-state index contributed by atoms with van der Waals surface area (Å²) in [5.41, 5.74) is 2.44. The van der Waals surface area contributed by atoms with Gasteiger partial charge in [0.2, 0.25) is 5.91 Å². The predicted molar refractivity (Wildman–Crippen MR) is 71.2 cm³/mol. The van der Waals surface area contributed by atoms with Crippen LogP contribution in [0.4, 0.5) is 0 Å². The second-order valence-electron chi connectivity index (χ2n) is 4.78. The third kappa shape index (κ3) is 2.88. The molecule has 0 saturated heterocycles. The van der Waals surface area contributed by atoms with Crippen molar-refractivity contribution in [1.29, 1.82) is 0 Å².